The lowest BCUT2D eigenvalue weighted by Crippen LogP contribution is -2.42. The first-order valence-corrected chi connectivity index (χ1v) is 12.5. The number of aromatic nitrogens is 4. The van der Waals surface area contributed by atoms with Crippen LogP contribution in [0.4, 0.5) is 18.0 Å². The molecule has 0 radical (unpaired) electrons. The summed E-state index contributed by atoms with van der Waals surface area (Å²) < 4.78 is 55.6. The number of pyridine rings is 2. The Bertz CT molecular complexity index is 1510. The number of halogens is 3. The molecule has 12 heteroatoms. The lowest BCUT2D eigenvalue weighted by atomic mass is 10.1. The van der Waals surface area contributed by atoms with Gasteiger partial charge < -0.3 is 14.8 Å². The van der Waals surface area contributed by atoms with Gasteiger partial charge in [-0.05, 0) is 51.0 Å². The van der Waals surface area contributed by atoms with Crippen molar-refractivity contribution in [3.05, 3.63) is 54.2 Å². The van der Waals surface area contributed by atoms with Crippen LogP contribution in [0.3, 0.4) is 0 Å². The predicted octanol–water partition coefficient (Wildman–Crippen LogP) is 5.16. The van der Waals surface area contributed by atoms with Gasteiger partial charge in [0.15, 0.2) is 11.5 Å². The summed E-state index contributed by atoms with van der Waals surface area (Å²) in [7, 11) is 1.55. The van der Waals surface area contributed by atoms with Gasteiger partial charge in [-0.15, -0.1) is 10.2 Å². The number of carbonyl (C=O) groups is 1. The van der Waals surface area contributed by atoms with Crippen molar-refractivity contribution < 1.29 is 27.4 Å². The van der Waals surface area contributed by atoms with Gasteiger partial charge in [-0.2, -0.15) is 13.2 Å². The highest BCUT2D eigenvalue weighted by molar-refractivity contribution is 5.86. The molecule has 1 aliphatic heterocycles. The van der Waals surface area contributed by atoms with Gasteiger partial charge in [0.25, 0.3) is 0 Å². The van der Waals surface area contributed by atoms with E-state index in [0.717, 1.165) is 5.39 Å². The van der Waals surface area contributed by atoms with E-state index in [2.05, 4.69) is 20.5 Å². The Balaban J connectivity index is 1.46. The van der Waals surface area contributed by atoms with E-state index in [0.29, 0.717) is 34.9 Å². The molecule has 1 amide bonds. The summed E-state index contributed by atoms with van der Waals surface area (Å²) >= 11 is 0. The Hall–Kier alpha value is -3.93. The molecule has 1 aromatic carbocycles. The molecule has 1 aliphatic rings. The quantitative estimate of drug-likeness (QED) is 0.373. The number of nitrogens with zero attached hydrogens (tertiary/aromatic N) is 5. The summed E-state index contributed by atoms with van der Waals surface area (Å²) in [5.74, 6) is 0.885. The molecular weight excluding hydrogens is 513 g/mol. The molecule has 5 rings (SSSR count). The number of methoxy groups -OCH3 is 1. The van der Waals surface area contributed by atoms with Crippen molar-refractivity contribution >= 4 is 22.6 Å². The number of benzene rings is 1. The molecule has 0 aliphatic carbocycles. The van der Waals surface area contributed by atoms with Gasteiger partial charge in [-0.1, -0.05) is 24.3 Å². The molecule has 1 unspecified atom stereocenters. The lowest BCUT2D eigenvalue weighted by molar-refractivity contribution is -0.184. The number of carbonyl (C=O) groups excluding carboxylic acids is 1. The molecular formula is C27H29F3N6O3. The second-order valence-electron chi connectivity index (χ2n) is 10.5. The Labute approximate surface area is 222 Å². The van der Waals surface area contributed by atoms with E-state index in [4.69, 9.17) is 9.47 Å². The van der Waals surface area contributed by atoms with Gasteiger partial charge in [0.05, 0.1) is 7.11 Å². The Kier molecular flexibility index (Phi) is 6.83. The number of hydrogen-bond donors (Lipinski definition) is 1. The Morgan fingerprint density at radius 3 is 2.62 bits per heavy atom. The number of likely N-dealkylation sites (tertiary alicyclic amines) is 1. The molecule has 1 saturated heterocycles. The molecule has 206 valence electrons. The highest BCUT2D eigenvalue weighted by Gasteiger charge is 2.47. The van der Waals surface area contributed by atoms with Crippen molar-refractivity contribution in [1.29, 1.82) is 0 Å². The minimum atomic E-state index is -4.56. The molecule has 0 spiro atoms. The summed E-state index contributed by atoms with van der Waals surface area (Å²) in [6.07, 6.45) is -3.43. The highest BCUT2D eigenvalue weighted by atomic mass is 19.4. The number of alkyl halides is 3. The number of para-hydroxylation sites is 1. The summed E-state index contributed by atoms with van der Waals surface area (Å²) in [5, 5.41) is 11.9. The Morgan fingerprint density at radius 2 is 1.90 bits per heavy atom. The van der Waals surface area contributed by atoms with E-state index in [-0.39, 0.29) is 18.7 Å². The van der Waals surface area contributed by atoms with E-state index >= 15 is 0 Å². The zero-order valence-electron chi connectivity index (χ0n) is 22.0. The van der Waals surface area contributed by atoms with Crippen LogP contribution in [0.25, 0.3) is 28.1 Å². The smallest absolute Gasteiger partial charge is 0.408 e. The first-order valence-electron chi connectivity index (χ1n) is 12.5. The monoisotopic (exact) mass is 542 g/mol. The summed E-state index contributed by atoms with van der Waals surface area (Å²) in [6, 6.07) is 9.71. The molecule has 4 aromatic rings. The molecule has 0 bridgehead atoms. The average molecular weight is 543 g/mol. The molecule has 0 saturated carbocycles. The van der Waals surface area contributed by atoms with Crippen LogP contribution in [0.2, 0.25) is 0 Å². The first kappa shape index (κ1) is 26.7. The maximum absolute atomic E-state index is 14.5. The minimum Gasteiger partial charge on any atom is -0.494 e. The molecule has 2 atom stereocenters. The number of rotatable bonds is 5. The van der Waals surface area contributed by atoms with Crippen molar-refractivity contribution in [3.8, 4) is 17.3 Å². The van der Waals surface area contributed by atoms with Gasteiger partial charge >= 0.3 is 12.3 Å². The third-order valence-electron chi connectivity index (χ3n) is 6.49. The SMILES string of the molecule is COc1cccc2ccc(-c3nnc4ccc(C(N5CC[C@H](NC(=O)OC(C)(C)C)C5)C(F)(F)F)cn34)nc12. The third kappa shape index (κ3) is 5.60. The zero-order valence-corrected chi connectivity index (χ0v) is 22.0. The number of amides is 1. The van der Waals surface area contributed by atoms with Crippen molar-refractivity contribution in [3.63, 3.8) is 0 Å². The fourth-order valence-corrected chi connectivity index (χ4v) is 4.87. The third-order valence-corrected chi connectivity index (χ3v) is 6.49. The second kappa shape index (κ2) is 9.99. The number of hydrogen-bond acceptors (Lipinski definition) is 7. The van der Waals surface area contributed by atoms with Crippen molar-refractivity contribution in [2.24, 2.45) is 0 Å². The van der Waals surface area contributed by atoms with E-state index in [1.807, 2.05) is 18.2 Å². The molecule has 9 nitrogen and oxygen atoms in total. The lowest BCUT2D eigenvalue weighted by Gasteiger charge is -2.30. The van der Waals surface area contributed by atoms with Gasteiger partial charge in [0, 0.05) is 30.7 Å². The highest BCUT2D eigenvalue weighted by Crippen LogP contribution is 2.40. The fourth-order valence-electron chi connectivity index (χ4n) is 4.87. The second-order valence-corrected chi connectivity index (χ2v) is 10.5. The summed E-state index contributed by atoms with van der Waals surface area (Å²) in [5.41, 5.74) is 0.783. The molecule has 1 N–H and O–H groups in total. The maximum Gasteiger partial charge on any atom is 0.408 e. The van der Waals surface area contributed by atoms with Crippen molar-refractivity contribution in [1.82, 2.24) is 29.8 Å². The predicted molar refractivity (Wildman–Crippen MR) is 138 cm³/mol. The molecule has 1 fully saturated rings. The van der Waals surface area contributed by atoms with Crippen molar-refractivity contribution in [2.45, 2.75) is 51.1 Å². The average Bonchev–Trinajstić information content (AvgIpc) is 3.48. The standard InChI is InChI=1S/C27H29F3N6O3/c1-26(2,3)39-25(37)31-18-12-13-35(15-18)23(27(28,29)30)17-9-11-21-33-34-24(36(21)14-17)19-10-8-16-6-5-7-20(38-4)22(16)32-19/h5-11,14,18,23H,12-13,15H2,1-4H3,(H,31,37)/t18-,23?/m0/s1. The van der Waals surface area contributed by atoms with Gasteiger partial charge in [0.1, 0.15) is 28.6 Å². The van der Waals surface area contributed by atoms with Gasteiger partial charge in [0.2, 0.25) is 0 Å². The van der Waals surface area contributed by atoms with Crippen LogP contribution >= 0.6 is 0 Å². The largest absolute Gasteiger partial charge is 0.494 e. The summed E-state index contributed by atoms with van der Waals surface area (Å²) in [4.78, 5) is 18.2. The van der Waals surface area contributed by atoms with E-state index < -0.39 is 30.0 Å². The molecule has 39 heavy (non-hydrogen) atoms. The zero-order chi connectivity index (χ0) is 27.9. The Morgan fingerprint density at radius 1 is 1.10 bits per heavy atom. The number of fused-ring (bicyclic) bond motifs is 2. The van der Waals surface area contributed by atoms with Crippen molar-refractivity contribution in [2.75, 3.05) is 20.2 Å². The number of nitrogens with one attached hydrogen (secondary N) is 1. The van der Waals surface area contributed by atoms with Crippen LogP contribution in [-0.2, 0) is 4.74 Å². The normalized spacial score (nSPS) is 17.5. The topological polar surface area (TPSA) is 93.9 Å². The summed E-state index contributed by atoms with van der Waals surface area (Å²) in [6.45, 7) is 5.37. The van der Waals surface area contributed by atoms with Crippen LogP contribution in [0, 0.1) is 0 Å². The first-order chi connectivity index (χ1) is 18.4. The minimum absolute atomic E-state index is 0.0303. The molecule has 4 heterocycles. The van der Waals surface area contributed by atoms with Gasteiger partial charge in [-0.3, -0.25) is 9.30 Å². The fraction of sp³-hybridized carbons (Fsp3) is 0.407. The van der Waals surface area contributed by atoms with Crippen LogP contribution < -0.4 is 10.1 Å². The van der Waals surface area contributed by atoms with E-state index in [1.165, 1.54) is 27.6 Å². The van der Waals surface area contributed by atoms with Gasteiger partial charge in [-0.25, -0.2) is 9.78 Å². The number of alkyl carbamates (subject to hydrolysis) is 1. The maximum atomic E-state index is 14.5. The van der Waals surface area contributed by atoms with Crippen LogP contribution in [0.1, 0.15) is 38.8 Å². The van der Waals surface area contributed by atoms with E-state index in [1.54, 1.807) is 40.0 Å². The van der Waals surface area contributed by atoms with Crippen LogP contribution in [0.15, 0.2) is 48.7 Å². The van der Waals surface area contributed by atoms with Crippen LogP contribution in [0.5, 0.6) is 5.75 Å². The van der Waals surface area contributed by atoms with E-state index in [9.17, 15) is 18.0 Å². The molecule has 3 aromatic heterocycles. The van der Waals surface area contributed by atoms with Crippen LogP contribution in [-0.4, -0.2) is 68.6 Å². The number of ether oxygens (including phenoxy) is 2.